The average molecular weight is 326 g/mol. The number of nitrogens with one attached hydrogen (secondary N) is 1. The van der Waals surface area contributed by atoms with Crippen LogP contribution in [0.2, 0.25) is 5.02 Å². The minimum Gasteiger partial charge on any atom is -0.465 e. The third-order valence-electron chi connectivity index (χ3n) is 2.84. The molecule has 0 fully saturated rings. The molecule has 1 heterocycles. The van der Waals surface area contributed by atoms with Gasteiger partial charge in [-0.25, -0.2) is 4.79 Å². The smallest absolute Gasteiger partial charge is 0.340 e. The Morgan fingerprint density at radius 1 is 1.33 bits per heavy atom. The molecule has 0 saturated carbocycles. The lowest BCUT2D eigenvalue weighted by atomic mass is 10.1. The van der Waals surface area contributed by atoms with Crippen LogP contribution in [0.4, 0.5) is 5.69 Å². The molecule has 0 spiro atoms. The van der Waals surface area contributed by atoms with Gasteiger partial charge in [0.25, 0.3) is 0 Å². The van der Waals surface area contributed by atoms with Gasteiger partial charge in [0.05, 0.1) is 25.0 Å². The van der Waals surface area contributed by atoms with Crippen molar-refractivity contribution in [3.8, 4) is 0 Å². The number of hydrogen-bond donors (Lipinski definition) is 1. The third kappa shape index (κ3) is 4.19. The molecule has 0 unspecified atom stereocenters. The Balaban J connectivity index is 2.10. The van der Waals surface area contributed by atoms with Crippen LogP contribution in [-0.2, 0) is 17.0 Å². The predicted octanol–water partition coefficient (Wildman–Crippen LogP) is 4.19. The topological polar surface area (TPSA) is 51.5 Å². The van der Waals surface area contributed by atoms with Gasteiger partial charge in [-0.2, -0.15) is 11.8 Å². The Labute approximate surface area is 132 Å². The second-order valence-electron chi connectivity index (χ2n) is 4.34. The highest BCUT2D eigenvalue weighted by molar-refractivity contribution is 7.97. The number of methoxy groups -OCH3 is 1. The second-order valence-corrected chi connectivity index (χ2v) is 5.64. The van der Waals surface area contributed by atoms with Crippen molar-refractivity contribution < 1.29 is 13.9 Å². The monoisotopic (exact) mass is 325 g/mol. The summed E-state index contributed by atoms with van der Waals surface area (Å²) in [5.41, 5.74) is 1.06. The van der Waals surface area contributed by atoms with E-state index in [0.29, 0.717) is 22.8 Å². The molecular formula is C15H16ClNO3S. The summed E-state index contributed by atoms with van der Waals surface area (Å²) in [5, 5.41) is 3.65. The van der Waals surface area contributed by atoms with Crippen molar-refractivity contribution in [1.82, 2.24) is 0 Å². The van der Waals surface area contributed by atoms with E-state index in [4.69, 9.17) is 20.8 Å². The van der Waals surface area contributed by atoms with Gasteiger partial charge in [0.2, 0.25) is 0 Å². The number of rotatable bonds is 6. The molecule has 0 radical (unpaired) electrons. The largest absolute Gasteiger partial charge is 0.465 e. The van der Waals surface area contributed by atoms with Gasteiger partial charge in [0, 0.05) is 10.7 Å². The Morgan fingerprint density at radius 3 is 2.81 bits per heavy atom. The van der Waals surface area contributed by atoms with Crippen molar-refractivity contribution in [2.24, 2.45) is 0 Å². The van der Waals surface area contributed by atoms with E-state index in [1.807, 2.05) is 18.4 Å². The van der Waals surface area contributed by atoms with E-state index < -0.39 is 5.97 Å². The van der Waals surface area contributed by atoms with Crippen LogP contribution in [0.15, 0.2) is 34.7 Å². The predicted molar refractivity (Wildman–Crippen MR) is 86.0 cm³/mol. The first kappa shape index (κ1) is 15.8. The summed E-state index contributed by atoms with van der Waals surface area (Å²) in [6, 6.07) is 8.93. The third-order valence-corrected chi connectivity index (χ3v) is 3.65. The molecule has 0 aliphatic heterocycles. The first-order valence-electron chi connectivity index (χ1n) is 6.32. The van der Waals surface area contributed by atoms with Crippen LogP contribution in [-0.4, -0.2) is 19.3 Å². The van der Waals surface area contributed by atoms with Crippen LogP contribution in [0.3, 0.4) is 0 Å². The average Bonchev–Trinajstić information content (AvgIpc) is 2.93. The van der Waals surface area contributed by atoms with Crippen molar-refractivity contribution in [1.29, 1.82) is 0 Å². The molecule has 1 aromatic carbocycles. The molecule has 4 nitrogen and oxygen atoms in total. The molecule has 0 amide bonds. The Morgan fingerprint density at radius 2 is 2.10 bits per heavy atom. The summed E-state index contributed by atoms with van der Waals surface area (Å²) in [4.78, 5) is 11.7. The number of esters is 1. The summed E-state index contributed by atoms with van der Waals surface area (Å²) in [7, 11) is 1.34. The van der Waals surface area contributed by atoms with Gasteiger partial charge < -0.3 is 14.5 Å². The number of thioether (sulfide) groups is 1. The zero-order valence-electron chi connectivity index (χ0n) is 11.8. The minimum atomic E-state index is -0.428. The Kier molecular flexibility index (Phi) is 5.59. The number of ether oxygens (including phenoxy) is 1. The van der Waals surface area contributed by atoms with E-state index in [0.717, 1.165) is 17.3 Å². The number of hydrogen-bond acceptors (Lipinski definition) is 5. The van der Waals surface area contributed by atoms with E-state index in [2.05, 4.69) is 5.32 Å². The van der Waals surface area contributed by atoms with E-state index >= 15 is 0 Å². The Bertz CT molecular complexity index is 627. The molecule has 0 aliphatic carbocycles. The van der Waals surface area contributed by atoms with Crippen molar-refractivity contribution >= 4 is 35.0 Å². The van der Waals surface area contributed by atoms with Gasteiger partial charge in [-0.15, -0.1) is 0 Å². The quantitative estimate of drug-likeness (QED) is 0.807. The molecular weight excluding hydrogens is 310 g/mol. The number of furan rings is 1. The lowest BCUT2D eigenvalue weighted by Crippen LogP contribution is -2.08. The minimum absolute atomic E-state index is 0.404. The van der Waals surface area contributed by atoms with E-state index in [1.165, 1.54) is 7.11 Å². The van der Waals surface area contributed by atoms with Gasteiger partial charge in [-0.05, 0) is 36.6 Å². The molecule has 1 N–H and O–H groups in total. The zero-order chi connectivity index (χ0) is 15.2. The van der Waals surface area contributed by atoms with Crippen molar-refractivity contribution in [2.45, 2.75) is 12.3 Å². The molecule has 0 aliphatic rings. The van der Waals surface area contributed by atoms with Crippen LogP contribution in [0.5, 0.6) is 0 Å². The van der Waals surface area contributed by atoms with Gasteiger partial charge in [0.15, 0.2) is 0 Å². The fraction of sp³-hybridized carbons (Fsp3) is 0.267. The molecule has 0 saturated heterocycles. The van der Waals surface area contributed by atoms with Crippen molar-refractivity contribution in [3.63, 3.8) is 0 Å². The second kappa shape index (κ2) is 7.43. The van der Waals surface area contributed by atoms with Gasteiger partial charge in [0.1, 0.15) is 11.5 Å². The van der Waals surface area contributed by atoms with Crippen molar-refractivity contribution in [3.05, 3.63) is 52.4 Å². The van der Waals surface area contributed by atoms with Crippen LogP contribution in [0.25, 0.3) is 0 Å². The summed E-state index contributed by atoms with van der Waals surface area (Å²) < 4.78 is 10.4. The standard InChI is InChI=1S/C15H16ClNO3S/c1-19-15(18)13-7-10(16)3-6-14(13)17-8-11-4-5-12(20-11)9-21-2/h3-7,17H,8-9H2,1-2H3. The SMILES string of the molecule is COC(=O)c1cc(Cl)ccc1NCc1ccc(CSC)o1. The highest BCUT2D eigenvalue weighted by Crippen LogP contribution is 2.23. The number of anilines is 1. The molecule has 2 rings (SSSR count). The molecule has 112 valence electrons. The van der Waals surface area contributed by atoms with Gasteiger partial charge in [-0.3, -0.25) is 0 Å². The first-order chi connectivity index (χ1) is 10.1. The fourth-order valence-corrected chi connectivity index (χ4v) is 2.48. The molecule has 0 bridgehead atoms. The molecule has 2 aromatic rings. The maximum atomic E-state index is 11.7. The maximum absolute atomic E-state index is 11.7. The zero-order valence-corrected chi connectivity index (χ0v) is 13.4. The molecule has 1 aromatic heterocycles. The molecule has 21 heavy (non-hydrogen) atoms. The number of benzene rings is 1. The summed E-state index contributed by atoms with van der Waals surface area (Å²) in [6.45, 7) is 0.486. The summed E-state index contributed by atoms with van der Waals surface area (Å²) in [5.74, 6) is 2.16. The first-order valence-corrected chi connectivity index (χ1v) is 8.09. The highest BCUT2D eigenvalue weighted by atomic mass is 35.5. The molecule has 6 heteroatoms. The number of carbonyl (C=O) groups is 1. The van der Waals surface area contributed by atoms with E-state index in [-0.39, 0.29) is 0 Å². The van der Waals surface area contributed by atoms with Gasteiger partial charge >= 0.3 is 5.97 Å². The van der Waals surface area contributed by atoms with Crippen LogP contribution >= 0.6 is 23.4 Å². The van der Waals surface area contributed by atoms with Crippen LogP contribution < -0.4 is 5.32 Å². The van der Waals surface area contributed by atoms with E-state index in [1.54, 1.807) is 30.0 Å². The summed E-state index contributed by atoms with van der Waals surface area (Å²) in [6.07, 6.45) is 2.02. The highest BCUT2D eigenvalue weighted by Gasteiger charge is 2.13. The van der Waals surface area contributed by atoms with E-state index in [9.17, 15) is 4.79 Å². The fourth-order valence-electron chi connectivity index (χ4n) is 1.87. The van der Waals surface area contributed by atoms with Crippen LogP contribution in [0.1, 0.15) is 21.9 Å². The lowest BCUT2D eigenvalue weighted by molar-refractivity contribution is 0.0602. The number of carbonyl (C=O) groups excluding carboxylic acids is 1. The Hall–Kier alpha value is -1.59. The van der Waals surface area contributed by atoms with Gasteiger partial charge in [-0.1, -0.05) is 11.6 Å². The normalized spacial score (nSPS) is 10.4. The lowest BCUT2D eigenvalue weighted by Gasteiger charge is -2.10. The van der Waals surface area contributed by atoms with Crippen molar-refractivity contribution in [2.75, 3.05) is 18.7 Å². The maximum Gasteiger partial charge on any atom is 0.340 e. The van der Waals surface area contributed by atoms with Crippen LogP contribution in [0, 0.1) is 0 Å². The number of halogens is 1. The summed E-state index contributed by atoms with van der Waals surface area (Å²) >= 11 is 7.62. The molecule has 0 atom stereocenters.